The number of hydrogen-bond donors (Lipinski definition) is 2. The average Bonchev–Trinajstić information content (AvgIpc) is 3.11. The standard InChI is InChI=1S/C15H14F3N3O5/c1-14(8-2-3-9-10(4-8)26-7-25-9)12(23)21(13(24)20-14)5-11(22)19-6-15(16,17)18/h2-4H,5-7H2,1H3,(H,19,22)(H,20,24). The number of amides is 4. The molecule has 1 atom stereocenters. The fourth-order valence-corrected chi connectivity index (χ4v) is 2.64. The second-order valence-electron chi connectivity index (χ2n) is 5.91. The number of hydrogen-bond acceptors (Lipinski definition) is 5. The lowest BCUT2D eigenvalue weighted by Gasteiger charge is -2.22. The summed E-state index contributed by atoms with van der Waals surface area (Å²) in [6, 6.07) is 3.77. The number of carbonyl (C=O) groups excluding carboxylic acids is 3. The number of imide groups is 1. The number of halogens is 3. The van der Waals surface area contributed by atoms with Crippen LogP contribution in [0.5, 0.6) is 11.5 Å². The highest BCUT2D eigenvalue weighted by Crippen LogP contribution is 2.37. The predicted molar refractivity (Wildman–Crippen MR) is 79.2 cm³/mol. The number of urea groups is 1. The van der Waals surface area contributed by atoms with Gasteiger partial charge in [0.2, 0.25) is 12.7 Å². The van der Waals surface area contributed by atoms with Gasteiger partial charge in [-0.25, -0.2) is 4.79 Å². The predicted octanol–water partition coefficient (Wildman–Crippen LogP) is 0.861. The number of carbonyl (C=O) groups is 3. The van der Waals surface area contributed by atoms with Gasteiger partial charge in [-0.05, 0) is 24.6 Å². The number of alkyl halides is 3. The van der Waals surface area contributed by atoms with Crippen molar-refractivity contribution in [2.75, 3.05) is 19.9 Å². The molecule has 26 heavy (non-hydrogen) atoms. The number of rotatable bonds is 4. The lowest BCUT2D eigenvalue weighted by Crippen LogP contribution is -2.44. The molecule has 0 bridgehead atoms. The van der Waals surface area contributed by atoms with Crippen LogP contribution in [0.1, 0.15) is 12.5 Å². The highest BCUT2D eigenvalue weighted by atomic mass is 19.4. The van der Waals surface area contributed by atoms with E-state index in [4.69, 9.17) is 9.47 Å². The van der Waals surface area contributed by atoms with Crippen molar-refractivity contribution in [2.24, 2.45) is 0 Å². The maximum atomic E-state index is 12.6. The molecule has 8 nitrogen and oxygen atoms in total. The first kappa shape index (κ1) is 17.8. The molecule has 2 aliphatic rings. The van der Waals surface area contributed by atoms with Crippen LogP contribution in [0.4, 0.5) is 18.0 Å². The van der Waals surface area contributed by atoms with Gasteiger partial charge >= 0.3 is 12.2 Å². The molecule has 4 amide bonds. The van der Waals surface area contributed by atoms with E-state index in [9.17, 15) is 27.6 Å². The van der Waals surface area contributed by atoms with E-state index in [0.29, 0.717) is 22.0 Å². The topological polar surface area (TPSA) is 97.0 Å². The smallest absolute Gasteiger partial charge is 0.405 e. The number of nitrogens with one attached hydrogen (secondary N) is 2. The molecule has 1 fully saturated rings. The number of fused-ring (bicyclic) bond motifs is 1. The maximum Gasteiger partial charge on any atom is 0.405 e. The average molecular weight is 373 g/mol. The normalized spacial score (nSPS) is 21.8. The van der Waals surface area contributed by atoms with Crippen molar-refractivity contribution in [1.29, 1.82) is 0 Å². The molecule has 1 aromatic rings. The van der Waals surface area contributed by atoms with Crippen LogP contribution >= 0.6 is 0 Å². The second kappa shape index (κ2) is 6.07. The van der Waals surface area contributed by atoms with E-state index in [1.165, 1.54) is 13.0 Å². The molecule has 140 valence electrons. The van der Waals surface area contributed by atoms with Crippen molar-refractivity contribution in [3.63, 3.8) is 0 Å². The Hall–Kier alpha value is -2.98. The summed E-state index contributed by atoms with van der Waals surface area (Å²) in [5.74, 6) is -0.978. The van der Waals surface area contributed by atoms with Crippen LogP contribution in [0, 0.1) is 0 Å². The third-order valence-corrected chi connectivity index (χ3v) is 4.01. The van der Waals surface area contributed by atoms with E-state index in [2.05, 4.69) is 5.32 Å². The molecule has 0 radical (unpaired) electrons. The minimum Gasteiger partial charge on any atom is -0.454 e. The van der Waals surface area contributed by atoms with Crippen LogP contribution in [-0.2, 0) is 15.1 Å². The third kappa shape index (κ3) is 3.24. The van der Waals surface area contributed by atoms with Gasteiger partial charge in [-0.2, -0.15) is 13.2 Å². The fraction of sp³-hybridized carbons (Fsp3) is 0.400. The van der Waals surface area contributed by atoms with Gasteiger partial charge in [-0.3, -0.25) is 14.5 Å². The maximum absolute atomic E-state index is 12.6. The van der Waals surface area contributed by atoms with Crippen LogP contribution in [0.3, 0.4) is 0 Å². The van der Waals surface area contributed by atoms with E-state index >= 15 is 0 Å². The number of benzene rings is 1. The fourth-order valence-electron chi connectivity index (χ4n) is 2.64. The van der Waals surface area contributed by atoms with Crippen molar-refractivity contribution in [3.8, 4) is 11.5 Å². The molecule has 11 heteroatoms. The largest absolute Gasteiger partial charge is 0.454 e. The van der Waals surface area contributed by atoms with Crippen LogP contribution in [0.2, 0.25) is 0 Å². The molecule has 2 aliphatic heterocycles. The van der Waals surface area contributed by atoms with E-state index < -0.39 is 42.7 Å². The van der Waals surface area contributed by atoms with Gasteiger partial charge in [-0.1, -0.05) is 6.07 Å². The summed E-state index contributed by atoms with van der Waals surface area (Å²) < 4.78 is 46.8. The molecule has 0 aromatic heterocycles. The van der Waals surface area contributed by atoms with Crippen molar-refractivity contribution in [2.45, 2.75) is 18.6 Å². The molecule has 2 N–H and O–H groups in total. The van der Waals surface area contributed by atoms with Crippen LogP contribution < -0.4 is 20.1 Å². The molecular weight excluding hydrogens is 359 g/mol. The molecule has 1 unspecified atom stereocenters. The zero-order chi connectivity index (χ0) is 19.1. The van der Waals surface area contributed by atoms with Crippen LogP contribution in [0.25, 0.3) is 0 Å². The minimum absolute atomic E-state index is 0.0291. The van der Waals surface area contributed by atoms with Crippen LogP contribution in [0.15, 0.2) is 18.2 Å². The molecule has 0 aliphatic carbocycles. The first-order valence-electron chi connectivity index (χ1n) is 7.48. The Balaban J connectivity index is 1.74. The Labute approximate surface area is 145 Å². The summed E-state index contributed by atoms with van der Waals surface area (Å²) in [6.07, 6.45) is -4.59. The minimum atomic E-state index is -4.59. The zero-order valence-electron chi connectivity index (χ0n) is 13.5. The summed E-state index contributed by atoms with van der Waals surface area (Å²) in [4.78, 5) is 36.9. The van der Waals surface area contributed by atoms with Gasteiger partial charge in [0.1, 0.15) is 18.6 Å². The van der Waals surface area contributed by atoms with Crippen molar-refractivity contribution in [1.82, 2.24) is 15.5 Å². The number of nitrogens with zero attached hydrogens (tertiary/aromatic N) is 1. The SMILES string of the molecule is CC1(c2ccc3c(c2)OCO3)NC(=O)N(CC(=O)NCC(F)(F)F)C1=O. The van der Waals surface area contributed by atoms with E-state index in [1.54, 1.807) is 17.4 Å². The summed E-state index contributed by atoms with van der Waals surface area (Å²) in [6.45, 7) is -0.907. The zero-order valence-corrected chi connectivity index (χ0v) is 13.5. The van der Waals surface area contributed by atoms with Gasteiger partial charge in [0.15, 0.2) is 11.5 Å². The van der Waals surface area contributed by atoms with Crippen molar-refractivity contribution in [3.05, 3.63) is 23.8 Å². The molecule has 2 heterocycles. The van der Waals surface area contributed by atoms with Gasteiger partial charge < -0.3 is 20.1 Å². The Kier molecular flexibility index (Phi) is 4.17. The first-order valence-corrected chi connectivity index (χ1v) is 7.48. The molecule has 0 spiro atoms. The molecule has 1 saturated heterocycles. The Morgan fingerprint density at radius 1 is 1.31 bits per heavy atom. The highest BCUT2D eigenvalue weighted by molar-refractivity contribution is 6.09. The van der Waals surface area contributed by atoms with Crippen molar-refractivity contribution >= 4 is 17.8 Å². The summed E-state index contributed by atoms with van der Waals surface area (Å²) >= 11 is 0. The van der Waals surface area contributed by atoms with E-state index in [1.807, 2.05) is 0 Å². The molecule has 1 aromatic carbocycles. The number of ether oxygens (including phenoxy) is 2. The van der Waals surface area contributed by atoms with Gasteiger partial charge in [0.25, 0.3) is 5.91 Å². The molecule has 0 saturated carbocycles. The van der Waals surface area contributed by atoms with E-state index in [-0.39, 0.29) is 6.79 Å². The first-order chi connectivity index (χ1) is 12.1. The lowest BCUT2D eigenvalue weighted by atomic mass is 9.91. The molecular formula is C15H14F3N3O5. The summed E-state index contributed by atoms with van der Waals surface area (Å²) in [5, 5.41) is 4.07. The second-order valence-corrected chi connectivity index (χ2v) is 5.91. The van der Waals surface area contributed by atoms with Crippen LogP contribution in [-0.4, -0.2) is 48.8 Å². The monoisotopic (exact) mass is 373 g/mol. The van der Waals surface area contributed by atoms with Gasteiger partial charge in [0.05, 0.1) is 0 Å². The van der Waals surface area contributed by atoms with Crippen molar-refractivity contribution < 1.29 is 37.0 Å². The van der Waals surface area contributed by atoms with E-state index in [0.717, 1.165) is 0 Å². The molecule has 3 rings (SSSR count). The third-order valence-electron chi connectivity index (χ3n) is 4.01. The quantitative estimate of drug-likeness (QED) is 0.763. The summed E-state index contributed by atoms with van der Waals surface area (Å²) in [5.41, 5.74) is -1.10. The summed E-state index contributed by atoms with van der Waals surface area (Å²) in [7, 11) is 0. The Bertz CT molecular complexity index is 782. The highest BCUT2D eigenvalue weighted by Gasteiger charge is 2.50. The Morgan fingerprint density at radius 2 is 2.00 bits per heavy atom. The van der Waals surface area contributed by atoms with Gasteiger partial charge in [0, 0.05) is 0 Å². The Morgan fingerprint density at radius 3 is 2.69 bits per heavy atom. The van der Waals surface area contributed by atoms with Gasteiger partial charge in [-0.15, -0.1) is 0 Å². The lowest BCUT2D eigenvalue weighted by molar-refractivity contribution is -0.141.